The summed E-state index contributed by atoms with van der Waals surface area (Å²) in [6.45, 7) is 1.51. The zero-order chi connectivity index (χ0) is 29.0. The predicted molar refractivity (Wildman–Crippen MR) is 142 cm³/mol. The molecule has 4 heterocycles. The van der Waals surface area contributed by atoms with Crippen molar-refractivity contribution in [1.29, 1.82) is 0 Å². The normalized spacial score (nSPS) is 25.2. The van der Waals surface area contributed by atoms with E-state index in [1.54, 1.807) is 6.07 Å². The van der Waals surface area contributed by atoms with E-state index in [0.717, 1.165) is 11.1 Å². The van der Waals surface area contributed by atoms with E-state index < -0.39 is 59.4 Å². The van der Waals surface area contributed by atoms with E-state index in [1.165, 1.54) is 10.9 Å². The van der Waals surface area contributed by atoms with Crippen LogP contribution in [0.1, 0.15) is 30.3 Å². The second-order valence-corrected chi connectivity index (χ2v) is 14.0. The van der Waals surface area contributed by atoms with Crippen LogP contribution in [-0.2, 0) is 29.7 Å². The van der Waals surface area contributed by atoms with Crippen molar-refractivity contribution >= 4 is 56.1 Å². The van der Waals surface area contributed by atoms with Crippen LogP contribution < -0.4 is 10.8 Å². The molecule has 1 unspecified atom stereocenters. The van der Waals surface area contributed by atoms with Gasteiger partial charge in [-0.25, -0.2) is 9.67 Å². The Balaban J connectivity index is 1.35. The van der Waals surface area contributed by atoms with Gasteiger partial charge in [-0.2, -0.15) is 5.10 Å². The third-order valence-electron chi connectivity index (χ3n) is 6.62. The van der Waals surface area contributed by atoms with Crippen LogP contribution in [0.3, 0.4) is 0 Å². The molecule has 0 radical (unpaired) electrons. The summed E-state index contributed by atoms with van der Waals surface area (Å²) in [6.07, 6.45) is -4.31. The molecule has 6 atom stereocenters. The molecule has 1 fully saturated rings. The van der Waals surface area contributed by atoms with Gasteiger partial charge in [0.1, 0.15) is 23.5 Å². The van der Waals surface area contributed by atoms with Crippen molar-refractivity contribution in [3.63, 3.8) is 0 Å². The van der Waals surface area contributed by atoms with Gasteiger partial charge in [-0.1, -0.05) is 29.8 Å². The smallest absolute Gasteiger partial charge is 0.423 e. The lowest BCUT2D eigenvalue weighted by molar-refractivity contribution is -0.0541. The van der Waals surface area contributed by atoms with Crippen molar-refractivity contribution in [2.75, 3.05) is 17.8 Å². The summed E-state index contributed by atoms with van der Waals surface area (Å²) in [5.41, 5.74) is 3.23. The third kappa shape index (κ3) is 6.14. The number of ether oxygens (including phenoxy) is 1. The Morgan fingerprint density at radius 3 is 2.73 bits per heavy atom. The molecule has 1 saturated heterocycles. The van der Waals surface area contributed by atoms with E-state index in [-0.39, 0.29) is 16.8 Å². The highest BCUT2D eigenvalue weighted by Crippen LogP contribution is 2.55. The molecular weight excluding hydrogens is 592 g/mol. The molecule has 2 aliphatic rings. The van der Waals surface area contributed by atoms with Crippen LogP contribution in [-0.4, -0.2) is 82.6 Å². The van der Waals surface area contributed by atoms with Gasteiger partial charge in [-0.05, 0) is 29.6 Å². The zero-order valence-electron chi connectivity index (χ0n) is 20.8. The second-order valence-electron chi connectivity index (χ2n) is 9.59. The van der Waals surface area contributed by atoms with Crippen LogP contribution in [0.15, 0.2) is 30.5 Å². The fraction of sp³-hybridized carbons (Fsp3) is 0.429. The van der Waals surface area contributed by atoms with Crippen molar-refractivity contribution in [3.8, 4) is 0 Å². The number of benzene rings is 1. The van der Waals surface area contributed by atoms with Crippen LogP contribution in [0, 0.1) is 0 Å². The lowest BCUT2D eigenvalue weighted by atomic mass is 9.78. The van der Waals surface area contributed by atoms with E-state index in [4.69, 9.17) is 35.3 Å². The van der Waals surface area contributed by atoms with Crippen molar-refractivity contribution in [1.82, 2.24) is 14.8 Å². The van der Waals surface area contributed by atoms with Gasteiger partial charge >= 0.3 is 22.3 Å². The van der Waals surface area contributed by atoms with Crippen molar-refractivity contribution in [2.45, 2.75) is 44.1 Å². The van der Waals surface area contributed by atoms with E-state index in [1.807, 2.05) is 25.1 Å². The lowest BCUT2D eigenvalue weighted by Crippen LogP contribution is -2.33. The summed E-state index contributed by atoms with van der Waals surface area (Å²) < 4.78 is 39.9. The number of fused-ring (bicyclic) bond motifs is 2. The number of aromatic nitrogens is 3. The minimum atomic E-state index is -4.85. The standard InChI is InChI=1S/C21H26BClN4O11P2/c1-10(11-2-3-12-7-36-22(30)14(12)4-11)25-15-5-17(23)26-20-13(15)6-24-27(20)21-19(29)18(28)16(38-21)8-37-40(34,35)9-39(31,32)33/h2-6,10,16,18-19,21,28-30H,7-9H2,1H3,(H,25,26)(H,34,35)(H2,31,32,33)/t10-,16+,18+,19+,21+/m0/s1. The molecule has 5 rings (SSSR count). The maximum Gasteiger partial charge on any atom is 0.491 e. The Hall–Kier alpha value is -1.91. The van der Waals surface area contributed by atoms with Crippen molar-refractivity contribution < 1.29 is 53.0 Å². The summed E-state index contributed by atoms with van der Waals surface area (Å²) in [7, 11) is -10.5. The number of nitrogens with one attached hydrogen (secondary N) is 1. The number of aliphatic hydroxyl groups is 2. The van der Waals surface area contributed by atoms with Gasteiger partial charge < -0.3 is 49.1 Å². The maximum absolute atomic E-state index is 12.0. The van der Waals surface area contributed by atoms with Gasteiger partial charge in [0, 0.05) is 6.04 Å². The summed E-state index contributed by atoms with van der Waals surface area (Å²) in [5, 5.41) is 39.3. The first-order valence-corrected chi connectivity index (χ1v) is 15.9. The number of anilines is 1. The van der Waals surface area contributed by atoms with Crippen molar-refractivity contribution in [2.24, 2.45) is 0 Å². The van der Waals surface area contributed by atoms with Crippen LogP contribution >= 0.6 is 26.8 Å². The summed E-state index contributed by atoms with van der Waals surface area (Å²) in [4.78, 5) is 31.9. The first-order chi connectivity index (χ1) is 18.7. The molecule has 0 spiro atoms. The molecule has 3 aromatic rings. The number of hydrogen-bond acceptors (Lipinski definition) is 11. The first-order valence-electron chi connectivity index (χ1n) is 12.0. The van der Waals surface area contributed by atoms with Gasteiger partial charge in [0.05, 0.1) is 30.5 Å². The molecule has 7 N–H and O–H groups in total. The highest BCUT2D eigenvalue weighted by Gasteiger charge is 2.46. The molecule has 0 aliphatic carbocycles. The highest BCUT2D eigenvalue weighted by atomic mass is 35.5. The average Bonchev–Trinajstić information content (AvgIpc) is 3.52. The summed E-state index contributed by atoms with van der Waals surface area (Å²) in [5.74, 6) is -1.41. The Labute approximate surface area is 232 Å². The Kier molecular flexibility index (Phi) is 8.18. The molecule has 40 heavy (non-hydrogen) atoms. The number of halogens is 1. The largest absolute Gasteiger partial charge is 0.491 e. The molecule has 0 bridgehead atoms. The molecule has 2 aliphatic heterocycles. The maximum atomic E-state index is 12.0. The molecule has 0 amide bonds. The number of rotatable bonds is 9. The third-order valence-corrected chi connectivity index (χ3v) is 10.3. The average molecular weight is 619 g/mol. The molecule has 19 heteroatoms. The summed E-state index contributed by atoms with van der Waals surface area (Å²) in [6, 6.07) is 7.00. The zero-order valence-corrected chi connectivity index (χ0v) is 23.4. The SMILES string of the molecule is C[C@H](Nc1cc(Cl)nc2c1cnn2[C@@H]1O[C@H](COP(=O)(O)CP(=O)(O)O)[C@@H](O)[C@H]1O)c1ccc2c(c1)B(O)OC2. The Morgan fingerprint density at radius 2 is 2.00 bits per heavy atom. The van der Waals surface area contributed by atoms with Gasteiger partial charge in [-0.3, -0.25) is 9.13 Å². The predicted octanol–water partition coefficient (Wildman–Crippen LogP) is 0.432. The topological polar surface area (TPSA) is 226 Å². The number of nitrogens with zero attached hydrogens (tertiary/aromatic N) is 3. The quantitative estimate of drug-likeness (QED) is 0.0981. The lowest BCUT2D eigenvalue weighted by Gasteiger charge is -2.19. The van der Waals surface area contributed by atoms with Gasteiger partial charge in [0.25, 0.3) is 0 Å². The number of pyridine rings is 1. The van der Waals surface area contributed by atoms with Gasteiger partial charge in [-0.15, -0.1) is 0 Å². The van der Waals surface area contributed by atoms with Crippen LogP contribution in [0.2, 0.25) is 5.15 Å². The number of hydrogen-bond donors (Lipinski definition) is 7. The molecular formula is C21H26BClN4O11P2. The summed E-state index contributed by atoms with van der Waals surface area (Å²) >= 11 is 6.29. The minimum Gasteiger partial charge on any atom is -0.423 e. The Morgan fingerprint density at radius 1 is 1.25 bits per heavy atom. The Bertz CT molecular complexity index is 1520. The van der Waals surface area contributed by atoms with E-state index in [2.05, 4.69) is 15.4 Å². The molecule has 2 aromatic heterocycles. The van der Waals surface area contributed by atoms with Crippen LogP contribution in [0.5, 0.6) is 0 Å². The van der Waals surface area contributed by atoms with E-state index >= 15 is 0 Å². The van der Waals surface area contributed by atoms with E-state index in [9.17, 15) is 29.3 Å². The van der Waals surface area contributed by atoms with Gasteiger partial charge in [0.2, 0.25) is 0 Å². The number of aliphatic hydroxyl groups excluding tert-OH is 2. The minimum absolute atomic E-state index is 0.0910. The fourth-order valence-corrected chi connectivity index (χ4v) is 7.40. The van der Waals surface area contributed by atoms with Gasteiger partial charge in [0.15, 0.2) is 17.8 Å². The first kappa shape index (κ1) is 29.6. The molecule has 216 valence electrons. The molecule has 15 nitrogen and oxygen atoms in total. The second kappa shape index (κ2) is 11.1. The molecule has 1 aromatic carbocycles. The molecule has 0 saturated carbocycles. The van der Waals surface area contributed by atoms with Crippen molar-refractivity contribution in [3.05, 3.63) is 46.7 Å². The van der Waals surface area contributed by atoms with Crippen LogP contribution in [0.25, 0.3) is 11.0 Å². The highest BCUT2D eigenvalue weighted by molar-refractivity contribution is 7.70. The monoisotopic (exact) mass is 618 g/mol. The van der Waals surface area contributed by atoms with Crippen LogP contribution in [0.4, 0.5) is 5.69 Å². The fourth-order valence-electron chi connectivity index (χ4n) is 4.64. The van der Waals surface area contributed by atoms with E-state index in [0.29, 0.717) is 23.1 Å².